The van der Waals surface area contributed by atoms with Gasteiger partial charge in [-0.05, 0) is 49.9 Å². The van der Waals surface area contributed by atoms with Gasteiger partial charge in [-0.25, -0.2) is 9.18 Å². The number of urea groups is 1. The van der Waals surface area contributed by atoms with Crippen LogP contribution in [0.5, 0.6) is 5.75 Å². The Morgan fingerprint density at radius 3 is 2.60 bits per heavy atom. The third-order valence-corrected chi connectivity index (χ3v) is 3.32. The third-order valence-electron chi connectivity index (χ3n) is 3.32. The van der Waals surface area contributed by atoms with E-state index < -0.39 is 0 Å². The summed E-state index contributed by atoms with van der Waals surface area (Å²) in [6.07, 6.45) is 3.95. The van der Waals surface area contributed by atoms with Crippen molar-refractivity contribution in [2.45, 2.75) is 25.7 Å². The zero-order valence-electron chi connectivity index (χ0n) is 11.6. The predicted molar refractivity (Wildman–Crippen MR) is 75.3 cm³/mol. The van der Waals surface area contributed by atoms with Crippen LogP contribution in [0.25, 0.3) is 0 Å². The zero-order valence-corrected chi connectivity index (χ0v) is 11.6. The Morgan fingerprint density at radius 1 is 1.20 bits per heavy atom. The van der Waals surface area contributed by atoms with Crippen LogP contribution in [0.4, 0.5) is 9.18 Å². The molecule has 0 spiro atoms. The van der Waals surface area contributed by atoms with E-state index in [0.29, 0.717) is 18.9 Å². The average Bonchev–Trinajstić information content (AvgIpc) is 2.98. The smallest absolute Gasteiger partial charge is 0.317 e. The molecule has 1 heterocycles. The van der Waals surface area contributed by atoms with Gasteiger partial charge < -0.3 is 15.0 Å². The molecule has 110 valence electrons. The van der Waals surface area contributed by atoms with Crippen LogP contribution in [0, 0.1) is 5.82 Å². The van der Waals surface area contributed by atoms with Crippen molar-refractivity contribution in [3.8, 4) is 5.75 Å². The minimum atomic E-state index is -0.262. The molecule has 1 saturated heterocycles. The average molecular weight is 280 g/mol. The maximum atomic E-state index is 12.7. The summed E-state index contributed by atoms with van der Waals surface area (Å²) in [6, 6.07) is 6.04. The monoisotopic (exact) mass is 280 g/mol. The zero-order chi connectivity index (χ0) is 14.2. The van der Waals surface area contributed by atoms with E-state index in [0.717, 1.165) is 38.8 Å². The topological polar surface area (TPSA) is 41.6 Å². The van der Waals surface area contributed by atoms with Gasteiger partial charge in [-0.15, -0.1) is 0 Å². The predicted octanol–water partition coefficient (Wildman–Crippen LogP) is 2.79. The Morgan fingerprint density at radius 2 is 1.90 bits per heavy atom. The van der Waals surface area contributed by atoms with Crippen LogP contribution in [-0.2, 0) is 0 Å². The summed E-state index contributed by atoms with van der Waals surface area (Å²) in [7, 11) is 0. The molecule has 2 rings (SSSR count). The molecule has 0 aromatic heterocycles. The first-order valence-electron chi connectivity index (χ1n) is 7.17. The Balaban J connectivity index is 1.51. The van der Waals surface area contributed by atoms with Gasteiger partial charge >= 0.3 is 6.03 Å². The Labute approximate surface area is 118 Å². The molecule has 1 aromatic carbocycles. The van der Waals surface area contributed by atoms with Crippen molar-refractivity contribution in [1.29, 1.82) is 0 Å². The minimum Gasteiger partial charge on any atom is -0.494 e. The molecule has 0 radical (unpaired) electrons. The van der Waals surface area contributed by atoms with Crippen molar-refractivity contribution in [2.24, 2.45) is 0 Å². The normalized spacial score (nSPS) is 14.3. The van der Waals surface area contributed by atoms with Crippen LogP contribution in [0.2, 0.25) is 0 Å². The Bertz CT molecular complexity index is 416. The standard InChI is InChI=1S/C15H21FN2O2/c16-13-5-7-14(8-6-13)20-12-4-1-9-17-15(19)18-10-2-3-11-18/h5-8H,1-4,9-12H2,(H,17,19). The van der Waals surface area contributed by atoms with E-state index in [-0.39, 0.29) is 11.8 Å². The number of amides is 2. The van der Waals surface area contributed by atoms with Gasteiger partial charge in [0.25, 0.3) is 0 Å². The largest absolute Gasteiger partial charge is 0.494 e. The maximum absolute atomic E-state index is 12.7. The summed E-state index contributed by atoms with van der Waals surface area (Å²) < 4.78 is 18.2. The molecule has 0 atom stereocenters. The quantitative estimate of drug-likeness (QED) is 0.814. The number of hydrogen-bond donors (Lipinski definition) is 1. The highest BCUT2D eigenvalue weighted by atomic mass is 19.1. The van der Waals surface area contributed by atoms with Gasteiger partial charge in [0.2, 0.25) is 0 Å². The van der Waals surface area contributed by atoms with E-state index >= 15 is 0 Å². The van der Waals surface area contributed by atoms with E-state index in [9.17, 15) is 9.18 Å². The number of unbranched alkanes of at least 4 members (excludes halogenated alkanes) is 1. The van der Waals surface area contributed by atoms with Crippen molar-refractivity contribution in [3.63, 3.8) is 0 Å². The number of nitrogens with zero attached hydrogens (tertiary/aromatic N) is 1. The van der Waals surface area contributed by atoms with Crippen LogP contribution in [-0.4, -0.2) is 37.2 Å². The first-order valence-corrected chi connectivity index (χ1v) is 7.17. The molecular formula is C15H21FN2O2. The van der Waals surface area contributed by atoms with Crippen LogP contribution < -0.4 is 10.1 Å². The van der Waals surface area contributed by atoms with Crippen molar-refractivity contribution < 1.29 is 13.9 Å². The summed E-state index contributed by atoms with van der Waals surface area (Å²) in [5.74, 6) is 0.412. The van der Waals surface area contributed by atoms with Gasteiger partial charge in [0, 0.05) is 19.6 Å². The summed E-state index contributed by atoms with van der Waals surface area (Å²) in [4.78, 5) is 13.5. The summed E-state index contributed by atoms with van der Waals surface area (Å²) in [5, 5.41) is 2.91. The number of carbonyl (C=O) groups excluding carboxylic acids is 1. The van der Waals surface area contributed by atoms with E-state index in [2.05, 4.69) is 5.32 Å². The summed E-state index contributed by atoms with van der Waals surface area (Å²) in [5.41, 5.74) is 0. The van der Waals surface area contributed by atoms with Crippen LogP contribution in [0.15, 0.2) is 24.3 Å². The number of hydrogen-bond acceptors (Lipinski definition) is 2. The maximum Gasteiger partial charge on any atom is 0.317 e. The minimum absolute atomic E-state index is 0.0435. The van der Waals surface area contributed by atoms with Gasteiger partial charge in [0.05, 0.1) is 6.61 Å². The van der Waals surface area contributed by atoms with Crippen molar-refractivity contribution in [3.05, 3.63) is 30.1 Å². The molecule has 20 heavy (non-hydrogen) atoms. The number of halogens is 1. The summed E-state index contributed by atoms with van der Waals surface area (Å²) >= 11 is 0. The third kappa shape index (κ3) is 4.72. The molecule has 1 aromatic rings. The lowest BCUT2D eigenvalue weighted by Gasteiger charge is -2.16. The molecule has 2 amide bonds. The Hall–Kier alpha value is -1.78. The first-order chi connectivity index (χ1) is 9.75. The number of nitrogens with one attached hydrogen (secondary N) is 1. The van der Waals surface area contributed by atoms with Gasteiger partial charge in [-0.2, -0.15) is 0 Å². The molecule has 0 unspecified atom stereocenters. The van der Waals surface area contributed by atoms with Crippen LogP contribution in [0.3, 0.4) is 0 Å². The van der Waals surface area contributed by atoms with E-state index in [1.807, 2.05) is 4.90 Å². The molecular weight excluding hydrogens is 259 g/mol. The highest BCUT2D eigenvalue weighted by molar-refractivity contribution is 5.74. The highest BCUT2D eigenvalue weighted by Crippen LogP contribution is 2.11. The summed E-state index contributed by atoms with van der Waals surface area (Å²) in [6.45, 7) is 2.99. The van der Waals surface area contributed by atoms with Gasteiger partial charge in [0.1, 0.15) is 11.6 Å². The van der Waals surface area contributed by atoms with E-state index in [4.69, 9.17) is 4.74 Å². The van der Waals surface area contributed by atoms with Crippen molar-refractivity contribution in [2.75, 3.05) is 26.2 Å². The lowest BCUT2D eigenvalue weighted by Crippen LogP contribution is -2.38. The van der Waals surface area contributed by atoms with Gasteiger partial charge in [-0.1, -0.05) is 0 Å². The first kappa shape index (κ1) is 14.6. The highest BCUT2D eigenvalue weighted by Gasteiger charge is 2.16. The number of benzene rings is 1. The lowest BCUT2D eigenvalue weighted by molar-refractivity contribution is 0.208. The second kappa shape index (κ2) is 7.72. The molecule has 1 fully saturated rings. The Kier molecular flexibility index (Phi) is 5.65. The molecule has 5 heteroatoms. The van der Waals surface area contributed by atoms with Gasteiger partial charge in [0.15, 0.2) is 0 Å². The SMILES string of the molecule is O=C(NCCCCOc1ccc(F)cc1)N1CCCC1. The number of rotatable bonds is 6. The number of carbonyl (C=O) groups is 1. The molecule has 4 nitrogen and oxygen atoms in total. The van der Waals surface area contributed by atoms with Crippen LogP contribution in [0.1, 0.15) is 25.7 Å². The van der Waals surface area contributed by atoms with Crippen molar-refractivity contribution >= 4 is 6.03 Å². The second-order valence-electron chi connectivity index (χ2n) is 4.94. The number of likely N-dealkylation sites (tertiary alicyclic amines) is 1. The van der Waals surface area contributed by atoms with E-state index in [1.165, 1.54) is 12.1 Å². The molecule has 0 saturated carbocycles. The molecule has 0 bridgehead atoms. The lowest BCUT2D eigenvalue weighted by atomic mass is 10.3. The fourth-order valence-electron chi connectivity index (χ4n) is 2.18. The molecule has 1 N–H and O–H groups in total. The van der Waals surface area contributed by atoms with Crippen LogP contribution >= 0.6 is 0 Å². The number of ether oxygens (including phenoxy) is 1. The van der Waals surface area contributed by atoms with Crippen molar-refractivity contribution in [1.82, 2.24) is 10.2 Å². The molecule has 1 aliphatic heterocycles. The second-order valence-corrected chi connectivity index (χ2v) is 4.94. The molecule has 0 aliphatic carbocycles. The van der Waals surface area contributed by atoms with E-state index in [1.54, 1.807) is 12.1 Å². The van der Waals surface area contributed by atoms with Gasteiger partial charge in [-0.3, -0.25) is 0 Å². The fraction of sp³-hybridized carbons (Fsp3) is 0.533. The molecule has 1 aliphatic rings. The fourth-order valence-corrected chi connectivity index (χ4v) is 2.18.